The Bertz CT molecular complexity index is 1010. The van der Waals surface area contributed by atoms with Crippen molar-refractivity contribution in [2.24, 2.45) is 0 Å². The van der Waals surface area contributed by atoms with Crippen LogP contribution in [0.25, 0.3) is 6.08 Å². The predicted octanol–water partition coefficient (Wildman–Crippen LogP) is 3.37. The lowest BCUT2D eigenvalue weighted by Crippen LogP contribution is -2.14. The number of carbonyl (C=O) groups excluding carboxylic acids is 1. The molecule has 0 aliphatic carbocycles. The number of nitrogens with zero attached hydrogens (tertiary/aromatic N) is 2. The third-order valence-corrected chi connectivity index (χ3v) is 3.80. The van der Waals surface area contributed by atoms with E-state index in [1.807, 2.05) is 0 Å². The van der Waals surface area contributed by atoms with Crippen molar-refractivity contribution in [2.45, 2.75) is 0 Å². The number of carboxylic acids is 1. The van der Waals surface area contributed by atoms with Gasteiger partial charge in [-0.25, -0.2) is 4.79 Å². The fourth-order valence-corrected chi connectivity index (χ4v) is 2.48. The fourth-order valence-electron chi connectivity index (χ4n) is 2.10. The molecular formula is C18H12BrN3O6. The second kappa shape index (κ2) is 9.29. The summed E-state index contributed by atoms with van der Waals surface area (Å²) in [5.74, 6) is -1.80. The van der Waals surface area contributed by atoms with E-state index in [0.717, 1.165) is 6.07 Å². The van der Waals surface area contributed by atoms with Crippen LogP contribution in [0.1, 0.15) is 5.56 Å². The first-order chi connectivity index (χ1) is 13.3. The summed E-state index contributed by atoms with van der Waals surface area (Å²) in [5.41, 5.74) is -0.0558. The molecule has 2 N–H and O–H groups in total. The van der Waals surface area contributed by atoms with Gasteiger partial charge < -0.3 is 15.2 Å². The van der Waals surface area contributed by atoms with E-state index in [0.29, 0.717) is 10.0 Å². The summed E-state index contributed by atoms with van der Waals surface area (Å²) >= 11 is 3.25. The zero-order valence-electron chi connectivity index (χ0n) is 14.1. The summed E-state index contributed by atoms with van der Waals surface area (Å²) in [5, 5.41) is 31.3. The Morgan fingerprint density at radius 1 is 1.32 bits per heavy atom. The normalized spacial score (nSPS) is 10.6. The molecule has 2 aromatic carbocycles. The van der Waals surface area contributed by atoms with E-state index in [9.17, 15) is 25.0 Å². The number of rotatable bonds is 7. The van der Waals surface area contributed by atoms with Crippen LogP contribution in [0, 0.1) is 21.4 Å². The highest BCUT2D eigenvalue weighted by atomic mass is 79.9. The molecule has 0 radical (unpaired) electrons. The number of hydrogen-bond donors (Lipinski definition) is 2. The molecule has 9 nitrogen and oxygen atoms in total. The first kappa shape index (κ1) is 20.6. The molecule has 0 fully saturated rings. The summed E-state index contributed by atoms with van der Waals surface area (Å²) < 4.78 is 5.78. The van der Waals surface area contributed by atoms with Crippen molar-refractivity contribution in [1.29, 1.82) is 5.26 Å². The molecule has 2 aromatic rings. The van der Waals surface area contributed by atoms with Gasteiger partial charge in [0.05, 0.1) is 4.92 Å². The van der Waals surface area contributed by atoms with E-state index in [1.54, 1.807) is 18.2 Å². The number of hydrogen-bond acceptors (Lipinski definition) is 6. The standard InChI is InChI=1S/C18H12BrN3O6/c19-13-4-5-16(28-10-17(23)24)11(7-13)6-12(9-20)18(25)21-14-2-1-3-15(8-14)22(26)27/h1-8H,10H2,(H,21,25)(H,23,24)/b12-6+. The number of nitro benzene ring substituents is 1. The minimum atomic E-state index is -1.18. The van der Waals surface area contributed by atoms with Crippen LogP contribution in [0.2, 0.25) is 0 Å². The second-order valence-corrected chi connectivity index (χ2v) is 6.21. The van der Waals surface area contributed by atoms with E-state index >= 15 is 0 Å². The molecule has 0 saturated carbocycles. The number of carbonyl (C=O) groups is 2. The molecule has 0 aromatic heterocycles. The molecule has 0 spiro atoms. The molecule has 0 saturated heterocycles. The highest BCUT2D eigenvalue weighted by Crippen LogP contribution is 2.26. The van der Waals surface area contributed by atoms with Crippen LogP contribution in [0.5, 0.6) is 5.75 Å². The lowest BCUT2D eigenvalue weighted by molar-refractivity contribution is -0.384. The monoisotopic (exact) mass is 445 g/mol. The van der Waals surface area contributed by atoms with Crippen molar-refractivity contribution in [3.63, 3.8) is 0 Å². The van der Waals surface area contributed by atoms with Crippen molar-refractivity contribution in [1.82, 2.24) is 0 Å². The molecule has 0 heterocycles. The number of carboxylic acid groups (broad SMARTS) is 1. The number of nitrogens with one attached hydrogen (secondary N) is 1. The quantitative estimate of drug-likeness (QED) is 0.287. The molecule has 0 aliphatic rings. The van der Waals surface area contributed by atoms with E-state index in [2.05, 4.69) is 21.2 Å². The maximum absolute atomic E-state index is 12.4. The lowest BCUT2D eigenvalue weighted by atomic mass is 10.1. The van der Waals surface area contributed by atoms with Crippen LogP contribution in [-0.2, 0) is 9.59 Å². The Hall–Kier alpha value is -3.71. The van der Waals surface area contributed by atoms with Gasteiger partial charge in [-0.05, 0) is 30.3 Å². The van der Waals surface area contributed by atoms with Crippen LogP contribution in [0.3, 0.4) is 0 Å². The van der Waals surface area contributed by atoms with Crippen molar-refractivity contribution < 1.29 is 24.4 Å². The number of nitriles is 1. The molecule has 1 amide bonds. The summed E-state index contributed by atoms with van der Waals surface area (Å²) in [6.45, 7) is -0.593. The van der Waals surface area contributed by atoms with Gasteiger partial charge >= 0.3 is 5.97 Å². The van der Waals surface area contributed by atoms with Crippen molar-refractivity contribution in [2.75, 3.05) is 11.9 Å². The largest absolute Gasteiger partial charge is 0.481 e. The zero-order valence-corrected chi connectivity index (χ0v) is 15.7. The number of anilines is 1. The molecule has 2 rings (SSSR count). The molecule has 0 aliphatic heterocycles. The highest BCUT2D eigenvalue weighted by molar-refractivity contribution is 9.10. The predicted molar refractivity (Wildman–Crippen MR) is 103 cm³/mol. The smallest absolute Gasteiger partial charge is 0.341 e. The van der Waals surface area contributed by atoms with Gasteiger partial charge in [-0.15, -0.1) is 0 Å². The summed E-state index contributed by atoms with van der Waals surface area (Å²) in [6, 6.07) is 11.7. The Morgan fingerprint density at radius 3 is 2.71 bits per heavy atom. The molecule has 0 atom stereocenters. The van der Waals surface area contributed by atoms with E-state index in [-0.39, 0.29) is 22.7 Å². The van der Waals surface area contributed by atoms with Crippen LogP contribution in [0.4, 0.5) is 11.4 Å². The van der Waals surface area contributed by atoms with Gasteiger partial charge in [-0.1, -0.05) is 22.0 Å². The number of amides is 1. The van der Waals surface area contributed by atoms with Gasteiger partial charge in [0.2, 0.25) is 0 Å². The molecular weight excluding hydrogens is 434 g/mol. The number of nitro groups is 1. The number of ether oxygens (including phenoxy) is 1. The summed E-state index contributed by atoms with van der Waals surface area (Å²) in [4.78, 5) is 33.3. The Balaban J connectivity index is 2.30. The van der Waals surface area contributed by atoms with Crippen LogP contribution in [0.15, 0.2) is 52.5 Å². The van der Waals surface area contributed by atoms with Gasteiger partial charge in [-0.2, -0.15) is 5.26 Å². The van der Waals surface area contributed by atoms with Crippen LogP contribution < -0.4 is 10.1 Å². The first-order valence-electron chi connectivity index (χ1n) is 7.62. The Kier molecular flexibility index (Phi) is 6.84. The first-order valence-corrected chi connectivity index (χ1v) is 8.41. The average Bonchev–Trinajstić information content (AvgIpc) is 2.65. The molecule has 142 valence electrons. The van der Waals surface area contributed by atoms with Crippen LogP contribution in [-0.4, -0.2) is 28.5 Å². The third kappa shape index (κ3) is 5.65. The molecule has 10 heteroatoms. The number of halogens is 1. The van der Waals surface area contributed by atoms with Crippen LogP contribution >= 0.6 is 15.9 Å². The summed E-state index contributed by atoms with van der Waals surface area (Å²) in [6.07, 6.45) is 1.23. The number of benzene rings is 2. The highest BCUT2D eigenvalue weighted by Gasteiger charge is 2.14. The average molecular weight is 446 g/mol. The van der Waals surface area contributed by atoms with Gasteiger partial charge in [0.25, 0.3) is 11.6 Å². The molecule has 0 bridgehead atoms. The Morgan fingerprint density at radius 2 is 2.07 bits per heavy atom. The Labute approximate surface area is 167 Å². The summed E-state index contributed by atoms with van der Waals surface area (Å²) in [7, 11) is 0. The van der Waals surface area contributed by atoms with E-state index in [4.69, 9.17) is 9.84 Å². The van der Waals surface area contributed by atoms with E-state index in [1.165, 1.54) is 30.3 Å². The second-order valence-electron chi connectivity index (χ2n) is 5.30. The van der Waals surface area contributed by atoms with Gasteiger partial charge in [0, 0.05) is 27.9 Å². The van der Waals surface area contributed by atoms with Gasteiger partial charge in [0.15, 0.2) is 6.61 Å². The SMILES string of the molecule is N#C/C(=C\c1cc(Br)ccc1OCC(=O)O)C(=O)Nc1cccc([N+](=O)[O-])c1. The van der Waals surface area contributed by atoms with Gasteiger partial charge in [-0.3, -0.25) is 14.9 Å². The molecule has 0 unspecified atom stereocenters. The topological polar surface area (TPSA) is 143 Å². The maximum Gasteiger partial charge on any atom is 0.341 e. The van der Waals surface area contributed by atoms with Crippen molar-refractivity contribution in [3.8, 4) is 11.8 Å². The number of non-ortho nitro benzene ring substituents is 1. The maximum atomic E-state index is 12.4. The zero-order chi connectivity index (χ0) is 20.7. The third-order valence-electron chi connectivity index (χ3n) is 3.30. The van der Waals surface area contributed by atoms with Crippen molar-refractivity contribution in [3.05, 3.63) is 68.2 Å². The van der Waals surface area contributed by atoms with Gasteiger partial charge in [0.1, 0.15) is 17.4 Å². The minimum absolute atomic E-state index is 0.150. The lowest BCUT2D eigenvalue weighted by Gasteiger charge is -2.09. The molecule has 28 heavy (non-hydrogen) atoms. The van der Waals surface area contributed by atoms with Crippen molar-refractivity contribution >= 4 is 45.3 Å². The van der Waals surface area contributed by atoms with E-state index < -0.39 is 23.4 Å². The minimum Gasteiger partial charge on any atom is -0.481 e. The number of aliphatic carboxylic acids is 1. The fraction of sp³-hybridized carbons (Fsp3) is 0.0556.